The normalized spacial score (nSPS) is 12.3. The molecule has 2 aromatic carbocycles. The van der Waals surface area contributed by atoms with Gasteiger partial charge in [-0.1, -0.05) is 58.0 Å². The number of rotatable bonds is 6. The van der Waals surface area contributed by atoms with Crippen molar-refractivity contribution in [2.75, 3.05) is 5.32 Å². The Bertz CT molecular complexity index is 993. The lowest BCUT2D eigenvalue weighted by atomic mass is 9.97. The van der Waals surface area contributed by atoms with Crippen molar-refractivity contribution < 1.29 is 14.0 Å². The zero-order valence-corrected chi connectivity index (χ0v) is 17.2. The Morgan fingerprint density at radius 1 is 1.00 bits per heavy atom. The molecule has 0 radical (unpaired) electrons. The summed E-state index contributed by atoms with van der Waals surface area (Å²) >= 11 is 0. The maximum Gasteiger partial charge on any atom is 0.313 e. The molecule has 0 bridgehead atoms. The van der Waals surface area contributed by atoms with E-state index in [0.717, 1.165) is 12.0 Å². The molecule has 0 saturated carbocycles. The monoisotopic (exact) mass is 393 g/mol. The molecule has 0 unspecified atom stereocenters. The number of amides is 2. The molecular weight excluding hydrogens is 366 g/mol. The van der Waals surface area contributed by atoms with Crippen LogP contribution >= 0.6 is 0 Å². The molecule has 1 aromatic heterocycles. The van der Waals surface area contributed by atoms with Crippen LogP contribution in [0.1, 0.15) is 57.5 Å². The number of nitrogens with zero attached hydrogens (tertiary/aromatic N) is 1. The van der Waals surface area contributed by atoms with Crippen LogP contribution in [0.25, 0.3) is 11.1 Å². The van der Waals surface area contributed by atoms with Gasteiger partial charge in [-0.3, -0.25) is 9.59 Å². The average molecular weight is 393 g/mol. The minimum Gasteiger partial charge on any atom is -0.440 e. The Labute approximate surface area is 170 Å². The smallest absolute Gasteiger partial charge is 0.313 e. The van der Waals surface area contributed by atoms with Crippen molar-refractivity contribution in [3.05, 3.63) is 60.0 Å². The van der Waals surface area contributed by atoms with Crippen molar-refractivity contribution in [3.63, 3.8) is 0 Å². The molecule has 6 heteroatoms. The summed E-state index contributed by atoms with van der Waals surface area (Å²) in [6, 6.07) is 14.6. The molecule has 3 aromatic rings. The van der Waals surface area contributed by atoms with E-state index >= 15 is 0 Å². The molecule has 1 atom stereocenters. The number of fused-ring (bicyclic) bond motifs is 1. The Balaban J connectivity index is 1.70. The molecule has 0 aliphatic carbocycles. The van der Waals surface area contributed by atoms with Crippen molar-refractivity contribution in [2.45, 2.75) is 46.1 Å². The fourth-order valence-electron chi connectivity index (χ4n) is 3.12. The Morgan fingerprint density at radius 2 is 1.72 bits per heavy atom. The van der Waals surface area contributed by atoms with Gasteiger partial charge in [0, 0.05) is 11.6 Å². The second kappa shape index (κ2) is 8.90. The maximum atomic E-state index is 12.5. The molecule has 152 valence electrons. The van der Waals surface area contributed by atoms with E-state index in [1.165, 1.54) is 0 Å². The Morgan fingerprint density at radius 3 is 2.38 bits per heavy atom. The molecule has 0 saturated heterocycles. The minimum absolute atomic E-state index is 0.169. The van der Waals surface area contributed by atoms with Gasteiger partial charge >= 0.3 is 11.8 Å². The predicted molar refractivity (Wildman–Crippen MR) is 114 cm³/mol. The van der Waals surface area contributed by atoms with Gasteiger partial charge in [0.05, 0.1) is 6.04 Å². The van der Waals surface area contributed by atoms with Crippen molar-refractivity contribution >= 4 is 28.6 Å². The first-order valence-corrected chi connectivity index (χ1v) is 9.90. The molecule has 6 nitrogen and oxygen atoms in total. The first-order chi connectivity index (χ1) is 13.8. The quantitative estimate of drug-likeness (QED) is 0.590. The number of hydrogen-bond acceptors (Lipinski definition) is 4. The molecular formula is C23H27N3O3. The summed E-state index contributed by atoms with van der Waals surface area (Å²) in [6.45, 7) is 8.16. The third kappa shape index (κ3) is 5.22. The highest BCUT2D eigenvalue weighted by atomic mass is 16.3. The van der Waals surface area contributed by atoms with E-state index in [9.17, 15) is 9.59 Å². The zero-order valence-electron chi connectivity index (χ0n) is 17.2. The van der Waals surface area contributed by atoms with Gasteiger partial charge in [0.25, 0.3) is 0 Å². The van der Waals surface area contributed by atoms with Gasteiger partial charge in [-0.25, -0.2) is 4.98 Å². The summed E-state index contributed by atoms with van der Waals surface area (Å²) < 4.78 is 5.67. The lowest BCUT2D eigenvalue weighted by molar-refractivity contribution is -0.136. The van der Waals surface area contributed by atoms with E-state index in [1.807, 2.05) is 44.2 Å². The highest BCUT2D eigenvalue weighted by molar-refractivity contribution is 6.39. The van der Waals surface area contributed by atoms with Gasteiger partial charge in [0.1, 0.15) is 5.52 Å². The number of carbonyl (C=O) groups excluding carboxylic acids is 2. The molecule has 29 heavy (non-hydrogen) atoms. The molecule has 2 N–H and O–H groups in total. The first kappa shape index (κ1) is 20.6. The van der Waals surface area contributed by atoms with Crippen LogP contribution in [0, 0.1) is 5.92 Å². The lowest BCUT2D eigenvalue weighted by Gasteiger charge is -2.21. The Kier molecular flexibility index (Phi) is 6.32. The van der Waals surface area contributed by atoms with Gasteiger partial charge in [-0.15, -0.1) is 0 Å². The van der Waals surface area contributed by atoms with Gasteiger partial charge in [-0.05, 0) is 36.1 Å². The SMILES string of the molecule is CC(C)C[C@H](NC(=O)C(=O)Nc1ccc2oc(C(C)C)nc2c1)c1ccccc1. The number of carbonyl (C=O) groups is 2. The van der Waals surface area contributed by atoms with Gasteiger partial charge in [0.15, 0.2) is 11.5 Å². The summed E-state index contributed by atoms with van der Waals surface area (Å²) in [5.41, 5.74) is 2.78. The first-order valence-electron chi connectivity index (χ1n) is 9.90. The topological polar surface area (TPSA) is 84.2 Å². The molecule has 0 fully saturated rings. The van der Waals surface area contributed by atoms with E-state index in [4.69, 9.17) is 4.42 Å². The molecule has 1 heterocycles. The lowest BCUT2D eigenvalue weighted by Crippen LogP contribution is -2.38. The van der Waals surface area contributed by atoms with Crippen LogP contribution in [-0.4, -0.2) is 16.8 Å². The van der Waals surface area contributed by atoms with Crippen molar-refractivity contribution in [2.24, 2.45) is 5.92 Å². The number of nitrogens with one attached hydrogen (secondary N) is 2. The summed E-state index contributed by atoms with van der Waals surface area (Å²) in [6.07, 6.45) is 0.742. The number of oxazole rings is 1. The minimum atomic E-state index is -0.707. The highest BCUT2D eigenvalue weighted by Crippen LogP contribution is 2.24. The van der Waals surface area contributed by atoms with Crippen LogP contribution < -0.4 is 10.6 Å². The van der Waals surface area contributed by atoms with Crippen LogP contribution in [0.4, 0.5) is 5.69 Å². The molecule has 2 amide bonds. The fourth-order valence-corrected chi connectivity index (χ4v) is 3.12. The van der Waals surface area contributed by atoms with Crippen molar-refractivity contribution in [1.29, 1.82) is 0 Å². The summed E-state index contributed by atoms with van der Waals surface area (Å²) in [7, 11) is 0. The van der Waals surface area contributed by atoms with Crippen LogP contribution in [-0.2, 0) is 9.59 Å². The molecule has 0 aliphatic rings. The largest absolute Gasteiger partial charge is 0.440 e. The number of aromatic nitrogens is 1. The van der Waals surface area contributed by atoms with Gasteiger partial charge in [-0.2, -0.15) is 0 Å². The average Bonchev–Trinajstić information content (AvgIpc) is 3.11. The zero-order chi connectivity index (χ0) is 21.0. The molecule has 3 rings (SSSR count). The van der Waals surface area contributed by atoms with Crippen molar-refractivity contribution in [3.8, 4) is 0 Å². The highest BCUT2D eigenvalue weighted by Gasteiger charge is 2.21. The molecule has 0 spiro atoms. The van der Waals surface area contributed by atoms with E-state index < -0.39 is 11.8 Å². The summed E-state index contributed by atoms with van der Waals surface area (Å²) in [5.74, 6) is -0.194. The predicted octanol–water partition coefficient (Wildman–Crippen LogP) is 4.79. The van der Waals surface area contributed by atoms with Crippen LogP contribution in [0.5, 0.6) is 0 Å². The van der Waals surface area contributed by atoms with Crippen LogP contribution in [0.15, 0.2) is 52.9 Å². The van der Waals surface area contributed by atoms with Gasteiger partial charge < -0.3 is 15.1 Å². The van der Waals surface area contributed by atoms with Crippen molar-refractivity contribution in [1.82, 2.24) is 10.3 Å². The summed E-state index contributed by atoms with van der Waals surface area (Å²) in [5, 5.41) is 5.51. The number of hydrogen-bond donors (Lipinski definition) is 2. The Hall–Kier alpha value is -3.15. The number of benzene rings is 2. The van der Waals surface area contributed by atoms with E-state index in [1.54, 1.807) is 18.2 Å². The molecule has 0 aliphatic heterocycles. The third-order valence-corrected chi connectivity index (χ3v) is 4.58. The van der Waals surface area contributed by atoms with Gasteiger partial charge in [0.2, 0.25) is 0 Å². The summed E-state index contributed by atoms with van der Waals surface area (Å²) in [4.78, 5) is 29.4. The van der Waals surface area contributed by atoms with E-state index in [-0.39, 0.29) is 12.0 Å². The third-order valence-electron chi connectivity index (χ3n) is 4.58. The fraction of sp³-hybridized carbons (Fsp3) is 0.348. The standard InChI is InChI=1S/C23H27N3O3/c1-14(2)12-18(16-8-6-5-7-9-16)25-22(28)21(27)24-17-10-11-20-19(13-17)26-23(29-20)15(3)4/h5-11,13-15,18H,12H2,1-4H3,(H,24,27)(H,25,28)/t18-/m0/s1. The van der Waals surface area contributed by atoms with Crippen LogP contribution in [0.2, 0.25) is 0 Å². The van der Waals surface area contributed by atoms with Crippen LogP contribution in [0.3, 0.4) is 0 Å². The number of anilines is 1. The maximum absolute atomic E-state index is 12.5. The van der Waals surface area contributed by atoms with E-state index in [2.05, 4.69) is 29.5 Å². The van der Waals surface area contributed by atoms with E-state index in [0.29, 0.717) is 28.6 Å². The second-order valence-electron chi connectivity index (χ2n) is 7.91. The second-order valence-corrected chi connectivity index (χ2v) is 7.91.